The van der Waals surface area contributed by atoms with Gasteiger partial charge in [-0.05, 0) is 17.9 Å². The molecule has 0 saturated carbocycles. The summed E-state index contributed by atoms with van der Waals surface area (Å²) in [7, 11) is 3.36. The van der Waals surface area contributed by atoms with Gasteiger partial charge in [-0.2, -0.15) is 4.65 Å². The average Bonchev–Trinajstić information content (AvgIpc) is 2.72. The van der Waals surface area contributed by atoms with Crippen LogP contribution >= 0.6 is 0 Å². The lowest BCUT2D eigenvalue weighted by molar-refractivity contribution is -1.07. The Kier molecular flexibility index (Phi) is 5.78. The molecule has 5 heteroatoms. The van der Waals surface area contributed by atoms with Crippen molar-refractivity contribution in [1.82, 2.24) is 4.90 Å². The van der Waals surface area contributed by atoms with Gasteiger partial charge in [-0.1, -0.05) is 44.2 Å². The van der Waals surface area contributed by atoms with E-state index in [2.05, 4.69) is 19.1 Å². The first-order valence-electron chi connectivity index (χ1n) is 8.66. The quantitative estimate of drug-likeness (QED) is 0.474. The molecule has 1 saturated heterocycles. The van der Waals surface area contributed by atoms with Crippen molar-refractivity contribution in [1.29, 1.82) is 0 Å². The molecule has 1 fully saturated rings. The van der Waals surface area contributed by atoms with Crippen LogP contribution in [0.25, 0.3) is 0 Å². The molecule has 1 aliphatic heterocycles. The zero-order valence-electron chi connectivity index (χ0n) is 15.1. The van der Waals surface area contributed by atoms with Gasteiger partial charge in [0, 0.05) is 18.9 Å². The van der Waals surface area contributed by atoms with Crippen molar-refractivity contribution < 1.29 is 19.4 Å². The number of rotatable bonds is 7. The zero-order valence-corrected chi connectivity index (χ0v) is 15.1. The highest BCUT2D eigenvalue weighted by molar-refractivity contribution is 6.04. The van der Waals surface area contributed by atoms with E-state index in [4.69, 9.17) is 0 Å². The molecule has 0 radical (unpaired) electrons. The van der Waals surface area contributed by atoms with Crippen molar-refractivity contribution >= 4 is 11.8 Å². The Hall–Kier alpha value is -1.72. The third-order valence-electron chi connectivity index (χ3n) is 4.91. The van der Waals surface area contributed by atoms with Gasteiger partial charge in [0.05, 0.1) is 20.0 Å². The average molecular weight is 333 g/mol. The number of carbonyl (C=O) groups is 2. The molecule has 132 valence electrons. The smallest absolute Gasteiger partial charge is 0.233 e. The SMILES string of the molecule is CC(CC1C(=O)N(CCC[N+](C)(C)O)C(=O)C1C)c1ccccc1. The predicted octanol–water partition coefficient (Wildman–Crippen LogP) is 2.66. The van der Waals surface area contributed by atoms with Gasteiger partial charge in [0.1, 0.15) is 6.54 Å². The Morgan fingerprint density at radius 3 is 2.38 bits per heavy atom. The topological polar surface area (TPSA) is 57.6 Å². The summed E-state index contributed by atoms with van der Waals surface area (Å²) in [4.78, 5) is 26.5. The van der Waals surface area contributed by atoms with Crippen LogP contribution in [0.3, 0.4) is 0 Å². The molecule has 3 unspecified atom stereocenters. The van der Waals surface area contributed by atoms with E-state index in [1.165, 1.54) is 10.5 Å². The summed E-state index contributed by atoms with van der Waals surface area (Å²) in [6, 6.07) is 10.1. The van der Waals surface area contributed by atoms with E-state index < -0.39 is 0 Å². The Labute approximate surface area is 144 Å². The lowest BCUT2D eigenvalue weighted by Crippen LogP contribution is -2.39. The molecule has 0 aromatic heterocycles. The van der Waals surface area contributed by atoms with Gasteiger partial charge in [0.15, 0.2) is 0 Å². The minimum atomic E-state index is -0.264. The van der Waals surface area contributed by atoms with Crippen LogP contribution in [0.15, 0.2) is 30.3 Å². The van der Waals surface area contributed by atoms with E-state index >= 15 is 0 Å². The van der Waals surface area contributed by atoms with Gasteiger partial charge in [-0.3, -0.25) is 14.5 Å². The van der Waals surface area contributed by atoms with E-state index in [0.29, 0.717) is 25.9 Å². The Morgan fingerprint density at radius 2 is 1.79 bits per heavy atom. The maximum atomic E-state index is 12.7. The van der Waals surface area contributed by atoms with Crippen LogP contribution in [0, 0.1) is 11.8 Å². The maximum Gasteiger partial charge on any atom is 0.233 e. The third-order valence-corrected chi connectivity index (χ3v) is 4.91. The van der Waals surface area contributed by atoms with Gasteiger partial charge in [-0.15, -0.1) is 0 Å². The molecule has 1 heterocycles. The van der Waals surface area contributed by atoms with E-state index in [9.17, 15) is 14.8 Å². The Morgan fingerprint density at radius 1 is 1.17 bits per heavy atom. The lowest BCUT2D eigenvalue weighted by atomic mass is 9.85. The highest BCUT2D eigenvalue weighted by atomic mass is 16.5. The summed E-state index contributed by atoms with van der Waals surface area (Å²) in [6.07, 6.45) is 1.29. The predicted molar refractivity (Wildman–Crippen MR) is 92.2 cm³/mol. The molecule has 0 bridgehead atoms. The van der Waals surface area contributed by atoms with Crippen LogP contribution < -0.4 is 0 Å². The van der Waals surface area contributed by atoms with Crippen LogP contribution in [0.2, 0.25) is 0 Å². The van der Waals surface area contributed by atoms with Gasteiger partial charge < -0.3 is 0 Å². The van der Waals surface area contributed by atoms with E-state index in [1.54, 1.807) is 14.1 Å². The molecule has 3 atom stereocenters. The standard InChI is InChI=1S/C19H29N2O3/c1-14(16-9-6-5-7-10-16)13-17-15(2)18(22)20(19(17)23)11-8-12-21(3,4)24/h5-7,9-10,14-15,17,24H,8,11-13H2,1-4H3/q+1. The summed E-state index contributed by atoms with van der Waals surface area (Å²) in [5.74, 6) is -0.403. The molecular weight excluding hydrogens is 304 g/mol. The van der Waals surface area contributed by atoms with Crippen molar-refractivity contribution in [2.75, 3.05) is 27.2 Å². The molecule has 2 amide bonds. The molecule has 1 aromatic rings. The highest BCUT2D eigenvalue weighted by Gasteiger charge is 2.45. The van der Waals surface area contributed by atoms with Gasteiger partial charge in [-0.25, -0.2) is 5.21 Å². The first-order valence-corrected chi connectivity index (χ1v) is 8.66. The van der Waals surface area contributed by atoms with Crippen molar-refractivity contribution in [3.8, 4) is 0 Å². The fraction of sp³-hybridized carbons (Fsp3) is 0.579. The summed E-state index contributed by atoms with van der Waals surface area (Å²) in [5.41, 5.74) is 1.20. The van der Waals surface area contributed by atoms with Crippen molar-refractivity contribution in [3.63, 3.8) is 0 Å². The summed E-state index contributed by atoms with van der Waals surface area (Å²) in [6.45, 7) is 4.86. The number of benzene rings is 1. The van der Waals surface area contributed by atoms with E-state index in [1.807, 2.05) is 25.1 Å². The molecule has 0 aliphatic carbocycles. The number of hydrogen-bond donors (Lipinski definition) is 1. The maximum absolute atomic E-state index is 12.7. The van der Waals surface area contributed by atoms with E-state index in [0.717, 1.165) is 0 Å². The van der Waals surface area contributed by atoms with Gasteiger partial charge in [0.2, 0.25) is 11.8 Å². The fourth-order valence-corrected chi connectivity index (χ4v) is 3.38. The molecule has 5 nitrogen and oxygen atoms in total. The van der Waals surface area contributed by atoms with E-state index in [-0.39, 0.29) is 34.2 Å². The van der Waals surface area contributed by atoms with Crippen LogP contribution in [-0.2, 0) is 9.59 Å². The van der Waals surface area contributed by atoms with Gasteiger partial charge >= 0.3 is 0 Å². The number of quaternary nitrogens is 1. The number of hydrogen-bond acceptors (Lipinski definition) is 3. The number of imide groups is 1. The second-order valence-corrected chi connectivity index (χ2v) is 7.47. The molecule has 24 heavy (non-hydrogen) atoms. The number of nitrogens with zero attached hydrogens (tertiary/aromatic N) is 2. The zero-order chi connectivity index (χ0) is 17.9. The Balaban J connectivity index is 1.99. The normalized spacial score (nSPS) is 23.0. The van der Waals surface area contributed by atoms with Crippen LogP contribution in [0.5, 0.6) is 0 Å². The van der Waals surface area contributed by atoms with Crippen molar-refractivity contribution in [3.05, 3.63) is 35.9 Å². The summed E-state index contributed by atoms with van der Waals surface area (Å²) >= 11 is 0. The molecule has 1 aliphatic rings. The van der Waals surface area contributed by atoms with Crippen LogP contribution in [0.1, 0.15) is 38.2 Å². The number of amides is 2. The van der Waals surface area contributed by atoms with Gasteiger partial charge in [0.25, 0.3) is 0 Å². The summed E-state index contributed by atoms with van der Waals surface area (Å²) < 4.78 is -0.153. The number of likely N-dealkylation sites (tertiary alicyclic amines) is 1. The fourth-order valence-electron chi connectivity index (χ4n) is 3.38. The van der Waals surface area contributed by atoms with Crippen molar-refractivity contribution in [2.45, 2.75) is 32.6 Å². The largest absolute Gasteiger partial charge is 0.282 e. The monoisotopic (exact) mass is 333 g/mol. The summed E-state index contributed by atoms with van der Waals surface area (Å²) in [5, 5.41) is 9.72. The van der Waals surface area contributed by atoms with Crippen LogP contribution in [0.4, 0.5) is 0 Å². The molecular formula is C19H29N2O3+. The second kappa shape index (κ2) is 7.45. The first kappa shape index (κ1) is 18.6. The Bertz CT molecular complexity index is 580. The number of carbonyl (C=O) groups excluding carboxylic acids is 2. The first-order chi connectivity index (χ1) is 11.2. The second-order valence-electron chi connectivity index (χ2n) is 7.47. The molecule has 1 N–H and O–H groups in total. The van der Waals surface area contributed by atoms with Crippen molar-refractivity contribution in [2.24, 2.45) is 11.8 Å². The highest BCUT2D eigenvalue weighted by Crippen LogP contribution is 2.34. The minimum absolute atomic E-state index is 0.0569. The van der Waals surface area contributed by atoms with Crippen LogP contribution in [-0.4, -0.2) is 53.8 Å². The molecule has 2 rings (SSSR count). The molecule has 0 spiro atoms. The number of hydroxylamine groups is 3. The minimum Gasteiger partial charge on any atom is -0.282 e. The molecule has 1 aromatic carbocycles. The third kappa shape index (κ3) is 4.42. The lowest BCUT2D eigenvalue weighted by Gasteiger charge is -2.21.